The molecule has 2 aromatic rings. The maximum absolute atomic E-state index is 11.0. The van der Waals surface area contributed by atoms with E-state index in [1.54, 1.807) is 24.3 Å². The summed E-state index contributed by atoms with van der Waals surface area (Å²) in [6.07, 6.45) is 1.02. The van der Waals surface area contributed by atoms with E-state index in [0.29, 0.717) is 16.1 Å². The fourth-order valence-electron chi connectivity index (χ4n) is 2.04. The zero-order valence-electron chi connectivity index (χ0n) is 13.0. The largest absolute Gasteiger partial charge is 0.478 e. The van der Waals surface area contributed by atoms with Crippen molar-refractivity contribution in [2.24, 2.45) is 0 Å². The predicted molar refractivity (Wildman–Crippen MR) is 93.6 cm³/mol. The highest BCUT2D eigenvalue weighted by Gasteiger charge is 2.09. The number of anilines is 1. The Morgan fingerprint density at radius 3 is 2.83 bits per heavy atom. The van der Waals surface area contributed by atoms with Gasteiger partial charge >= 0.3 is 5.97 Å². The Morgan fingerprint density at radius 1 is 1.35 bits per heavy atom. The molecule has 5 nitrogen and oxygen atoms in total. The summed E-state index contributed by atoms with van der Waals surface area (Å²) >= 11 is 7.51. The number of rotatable bonds is 7. The molecule has 1 aromatic carbocycles. The maximum Gasteiger partial charge on any atom is 0.335 e. The van der Waals surface area contributed by atoms with Crippen LogP contribution in [0.2, 0.25) is 5.15 Å². The molecule has 0 spiro atoms. The number of halogens is 1. The number of aromatic nitrogens is 2. The van der Waals surface area contributed by atoms with E-state index in [4.69, 9.17) is 16.7 Å². The van der Waals surface area contributed by atoms with Crippen LogP contribution in [0.25, 0.3) is 0 Å². The Kier molecular flexibility index (Phi) is 6.24. The third kappa shape index (κ3) is 5.11. The number of thioether (sulfide) groups is 1. The van der Waals surface area contributed by atoms with E-state index in [2.05, 4.69) is 16.9 Å². The summed E-state index contributed by atoms with van der Waals surface area (Å²) in [6, 6.07) is 8.59. The van der Waals surface area contributed by atoms with Crippen LogP contribution in [-0.2, 0) is 5.75 Å². The lowest BCUT2D eigenvalue weighted by Crippen LogP contribution is -2.19. The van der Waals surface area contributed by atoms with Gasteiger partial charge in [-0.15, -0.1) is 0 Å². The Balaban J connectivity index is 2.11. The number of carboxylic acid groups (broad SMARTS) is 1. The summed E-state index contributed by atoms with van der Waals surface area (Å²) in [5, 5.41) is 10.0. The number of aromatic carboxylic acids is 1. The first-order chi connectivity index (χ1) is 11.0. The Labute approximate surface area is 144 Å². The molecule has 0 atom stereocenters. The van der Waals surface area contributed by atoms with Gasteiger partial charge in [0.25, 0.3) is 0 Å². The van der Waals surface area contributed by atoms with Crippen molar-refractivity contribution in [3.63, 3.8) is 0 Å². The molecule has 23 heavy (non-hydrogen) atoms. The van der Waals surface area contributed by atoms with E-state index in [-0.39, 0.29) is 5.56 Å². The highest BCUT2D eigenvalue weighted by atomic mass is 35.5. The molecule has 0 radical (unpaired) electrons. The number of nitrogens with zero attached hydrogens (tertiary/aromatic N) is 3. The number of carboxylic acids is 1. The van der Waals surface area contributed by atoms with E-state index in [1.165, 1.54) is 11.8 Å². The molecule has 0 amide bonds. The van der Waals surface area contributed by atoms with Gasteiger partial charge in [-0.1, -0.05) is 42.4 Å². The average Bonchev–Trinajstić information content (AvgIpc) is 2.53. The van der Waals surface area contributed by atoms with E-state index >= 15 is 0 Å². The van der Waals surface area contributed by atoms with Crippen molar-refractivity contribution in [3.8, 4) is 0 Å². The molecular weight excluding hydrogens is 334 g/mol. The van der Waals surface area contributed by atoms with Crippen molar-refractivity contribution in [1.29, 1.82) is 0 Å². The van der Waals surface area contributed by atoms with Crippen LogP contribution in [0.15, 0.2) is 35.5 Å². The molecule has 0 saturated heterocycles. The molecule has 1 heterocycles. The summed E-state index contributed by atoms with van der Waals surface area (Å²) < 4.78 is 0. The lowest BCUT2D eigenvalue weighted by atomic mass is 10.1. The molecule has 2 rings (SSSR count). The number of hydrogen-bond donors (Lipinski definition) is 1. The summed E-state index contributed by atoms with van der Waals surface area (Å²) in [5.74, 6) is 0.436. The fraction of sp³-hybridized carbons (Fsp3) is 0.312. The van der Waals surface area contributed by atoms with Gasteiger partial charge in [-0.3, -0.25) is 0 Å². The standard InChI is InChI=1S/C16H18ClN3O2S/c1-3-7-20(2)14-9-13(17)18-16(19-14)23-10-11-5-4-6-12(8-11)15(21)22/h4-6,8-9H,3,7,10H2,1-2H3,(H,21,22). The first-order valence-corrected chi connectivity index (χ1v) is 8.56. The second-order valence-electron chi connectivity index (χ2n) is 5.05. The van der Waals surface area contributed by atoms with E-state index in [9.17, 15) is 4.79 Å². The Morgan fingerprint density at radius 2 is 2.13 bits per heavy atom. The number of benzene rings is 1. The zero-order valence-corrected chi connectivity index (χ0v) is 14.6. The second-order valence-corrected chi connectivity index (χ2v) is 6.38. The molecule has 0 aliphatic carbocycles. The molecular formula is C16H18ClN3O2S. The minimum atomic E-state index is -0.931. The van der Waals surface area contributed by atoms with Gasteiger partial charge in [0.15, 0.2) is 5.16 Å². The van der Waals surface area contributed by atoms with Crippen LogP contribution in [0.4, 0.5) is 5.82 Å². The monoisotopic (exact) mass is 351 g/mol. The third-order valence-corrected chi connectivity index (χ3v) is 4.26. The van der Waals surface area contributed by atoms with Gasteiger partial charge in [0.1, 0.15) is 11.0 Å². The molecule has 0 unspecified atom stereocenters. The topological polar surface area (TPSA) is 66.3 Å². The van der Waals surface area contributed by atoms with Gasteiger partial charge in [0.2, 0.25) is 0 Å². The van der Waals surface area contributed by atoms with Crippen molar-refractivity contribution in [3.05, 3.63) is 46.6 Å². The van der Waals surface area contributed by atoms with Crippen LogP contribution in [0.3, 0.4) is 0 Å². The molecule has 122 valence electrons. The molecule has 7 heteroatoms. The Hall–Kier alpha value is -1.79. The quantitative estimate of drug-likeness (QED) is 0.462. The molecule has 1 aromatic heterocycles. The van der Waals surface area contributed by atoms with Crippen molar-refractivity contribution >= 4 is 35.1 Å². The van der Waals surface area contributed by atoms with Crippen molar-refractivity contribution in [2.45, 2.75) is 24.3 Å². The SMILES string of the molecule is CCCN(C)c1cc(Cl)nc(SCc2cccc(C(=O)O)c2)n1. The van der Waals surface area contributed by atoms with Gasteiger partial charge in [-0.05, 0) is 24.1 Å². The smallest absolute Gasteiger partial charge is 0.335 e. The summed E-state index contributed by atoms with van der Waals surface area (Å²) in [6.45, 7) is 2.99. The van der Waals surface area contributed by atoms with E-state index < -0.39 is 5.97 Å². The van der Waals surface area contributed by atoms with Gasteiger partial charge < -0.3 is 10.0 Å². The minimum Gasteiger partial charge on any atom is -0.478 e. The predicted octanol–water partition coefficient (Wildman–Crippen LogP) is 3.97. The summed E-state index contributed by atoms with van der Waals surface area (Å²) in [4.78, 5) is 21.8. The number of hydrogen-bond acceptors (Lipinski definition) is 5. The van der Waals surface area contributed by atoms with Crippen LogP contribution in [0.5, 0.6) is 0 Å². The van der Waals surface area contributed by atoms with Crippen molar-refractivity contribution < 1.29 is 9.90 Å². The van der Waals surface area contributed by atoms with Crippen LogP contribution in [-0.4, -0.2) is 34.6 Å². The van der Waals surface area contributed by atoms with Crippen molar-refractivity contribution in [1.82, 2.24) is 9.97 Å². The average molecular weight is 352 g/mol. The first-order valence-electron chi connectivity index (χ1n) is 7.20. The highest BCUT2D eigenvalue weighted by Crippen LogP contribution is 2.24. The van der Waals surface area contributed by atoms with Crippen LogP contribution in [0.1, 0.15) is 29.3 Å². The van der Waals surface area contributed by atoms with Crippen molar-refractivity contribution in [2.75, 3.05) is 18.5 Å². The third-order valence-electron chi connectivity index (χ3n) is 3.15. The van der Waals surface area contributed by atoms with Gasteiger partial charge in [-0.2, -0.15) is 0 Å². The lowest BCUT2D eigenvalue weighted by molar-refractivity contribution is 0.0697. The minimum absolute atomic E-state index is 0.276. The summed E-state index contributed by atoms with van der Waals surface area (Å²) in [5.41, 5.74) is 1.18. The summed E-state index contributed by atoms with van der Waals surface area (Å²) in [7, 11) is 1.97. The maximum atomic E-state index is 11.0. The van der Waals surface area contributed by atoms with Crippen LogP contribution < -0.4 is 4.90 Å². The fourth-order valence-corrected chi connectivity index (χ4v) is 3.06. The normalized spacial score (nSPS) is 10.6. The molecule has 0 saturated carbocycles. The van der Waals surface area contributed by atoms with E-state index in [0.717, 1.165) is 24.3 Å². The molecule has 1 N–H and O–H groups in total. The molecule has 0 fully saturated rings. The van der Waals surface area contributed by atoms with Gasteiger partial charge in [0.05, 0.1) is 5.56 Å². The molecule has 0 aliphatic rings. The van der Waals surface area contributed by atoms with Crippen LogP contribution >= 0.6 is 23.4 Å². The van der Waals surface area contributed by atoms with Crippen LogP contribution in [0, 0.1) is 0 Å². The van der Waals surface area contributed by atoms with Gasteiger partial charge in [0, 0.05) is 25.4 Å². The second kappa shape index (κ2) is 8.17. The van der Waals surface area contributed by atoms with E-state index in [1.807, 2.05) is 18.0 Å². The zero-order chi connectivity index (χ0) is 16.8. The molecule has 0 aliphatic heterocycles. The first kappa shape index (κ1) is 17.6. The van der Waals surface area contributed by atoms with Gasteiger partial charge in [-0.25, -0.2) is 14.8 Å². The highest BCUT2D eigenvalue weighted by molar-refractivity contribution is 7.98. The Bertz CT molecular complexity index is 697. The molecule has 0 bridgehead atoms. The lowest BCUT2D eigenvalue weighted by Gasteiger charge is -2.17. The number of carbonyl (C=O) groups is 1.